The Balaban J connectivity index is 0.00000264. The molecule has 0 aliphatic rings. The van der Waals surface area contributed by atoms with E-state index in [0.717, 1.165) is 11.1 Å². The number of sulfone groups is 1. The van der Waals surface area contributed by atoms with Crippen molar-refractivity contribution < 1.29 is 8.42 Å². The van der Waals surface area contributed by atoms with E-state index in [-0.39, 0.29) is 23.9 Å². The third-order valence-electron chi connectivity index (χ3n) is 3.13. The monoisotopic (exact) mass is 393 g/mol. The molecule has 0 saturated heterocycles. The maximum Gasteiger partial charge on any atom is 0.155 e. The summed E-state index contributed by atoms with van der Waals surface area (Å²) in [5, 5.41) is 4.12. The molecular formula is C16H18Cl3NO2S. The van der Waals surface area contributed by atoms with Gasteiger partial charge >= 0.3 is 0 Å². The van der Waals surface area contributed by atoms with Crippen molar-refractivity contribution in [2.45, 2.75) is 12.3 Å². The topological polar surface area (TPSA) is 46.2 Å². The zero-order valence-corrected chi connectivity index (χ0v) is 15.5. The highest BCUT2D eigenvalue weighted by Gasteiger charge is 2.11. The Morgan fingerprint density at radius 2 is 1.61 bits per heavy atom. The van der Waals surface area contributed by atoms with Crippen LogP contribution in [0.2, 0.25) is 10.0 Å². The predicted molar refractivity (Wildman–Crippen MR) is 99.3 cm³/mol. The minimum atomic E-state index is -3.11. The van der Waals surface area contributed by atoms with Crippen LogP contribution in [0.1, 0.15) is 11.1 Å². The summed E-state index contributed by atoms with van der Waals surface area (Å²) in [4.78, 5) is 0. The molecule has 0 atom stereocenters. The van der Waals surface area contributed by atoms with Gasteiger partial charge in [-0.25, -0.2) is 8.42 Å². The summed E-state index contributed by atoms with van der Waals surface area (Å²) in [5.74, 6) is 0.172. The Labute approximate surface area is 153 Å². The predicted octanol–water partition coefficient (Wildman–Crippen LogP) is 4.12. The fourth-order valence-corrected chi connectivity index (χ4v) is 3.63. The number of hydrogen-bond donors (Lipinski definition) is 1. The Bertz CT molecular complexity index is 721. The maximum absolute atomic E-state index is 12.0. The molecule has 126 valence electrons. The molecule has 0 aliphatic heterocycles. The standard InChI is InChI=1S/C16H17Cl2NO2S.ClH/c17-15-7-6-14(10-16(15)18)11-19-8-9-22(20,21)12-13-4-2-1-3-5-13;/h1-7,10,19H,8-9,11-12H2;1H. The second-order valence-electron chi connectivity index (χ2n) is 5.00. The summed E-state index contributed by atoms with van der Waals surface area (Å²) in [5.41, 5.74) is 1.78. The average molecular weight is 395 g/mol. The molecule has 0 saturated carbocycles. The summed E-state index contributed by atoms with van der Waals surface area (Å²) in [6.07, 6.45) is 0. The van der Waals surface area contributed by atoms with E-state index in [2.05, 4.69) is 5.32 Å². The lowest BCUT2D eigenvalue weighted by molar-refractivity contribution is 0.590. The Morgan fingerprint density at radius 3 is 2.26 bits per heavy atom. The normalized spacial score (nSPS) is 11.0. The molecule has 0 unspecified atom stereocenters. The van der Waals surface area contributed by atoms with Gasteiger partial charge in [0.2, 0.25) is 0 Å². The van der Waals surface area contributed by atoms with Crippen LogP contribution >= 0.6 is 35.6 Å². The quantitative estimate of drug-likeness (QED) is 0.719. The van der Waals surface area contributed by atoms with Crippen LogP contribution in [0.3, 0.4) is 0 Å². The van der Waals surface area contributed by atoms with Crippen LogP contribution in [-0.2, 0) is 22.1 Å². The van der Waals surface area contributed by atoms with Gasteiger partial charge in [0, 0.05) is 13.1 Å². The lowest BCUT2D eigenvalue weighted by Gasteiger charge is -2.07. The molecule has 2 aromatic rings. The Kier molecular flexibility index (Phi) is 8.37. The molecule has 0 bridgehead atoms. The zero-order valence-electron chi connectivity index (χ0n) is 12.3. The molecule has 23 heavy (non-hydrogen) atoms. The highest BCUT2D eigenvalue weighted by Crippen LogP contribution is 2.22. The van der Waals surface area contributed by atoms with Crippen molar-refractivity contribution in [2.75, 3.05) is 12.3 Å². The molecule has 0 radical (unpaired) electrons. The summed E-state index contributed by atoms with van der Waals surface area (Å²) >= 11 is 11.8. The fourth-order valence-electron chi connectivity index (χ4n) is 2.01. The van der Waals surface area contributed by atoms with E-state index in [1.807, 2.05) is 36.4 Å². The third-order valence-corrected chi connectivity index (χ3v) is 5.47. The molecule has 0 heterocycles. The van der Waals surface area contributed by atoms with Crippen molar-refractivity contribution in [3.05, 3.63) is 69.7 Å². The van der Waals surface area contributed by atoms with Crippen molar-refractivity contribution in [3.8, 4) is 0 Å². The second kappa shape index (κ2) is 9.50. The van der Waals surface area contributed by atoms with Crippen molar-refractivity contribution >= 4 is 45.4 Å². The van der Waals surface area contributed by atoms with E-state index >= 15 is 0 Å². The Morgan fingerprint density at radius 1 is 0.913 bits per heavy atom. The van der Waals surface area contributed by atoms with Crippen LogP contribution in [0.15, 0.2) is 48.5 Å². The molecule has 0 aromatic heterocycles. The Hall–Kier alpha value is -0.780. The molecule has 0 aliphatic carbocycles. The van der Waals surface area contributed by atoms with Crippen LogP contribution in [0, 0.1) is 0 Å². The molecule has 3 nitrogen and oxygen atoms in total. The van der Waals surface area contributed by atoms with Gasteiger partial charge in [-0.05, 0) is 23.3 Å². The molecule has 0 fully saturated rings. The van der Waals surface area contributed by atoms with Crippen LogP contribution in [0.4, 0.5) is 0 Å². The van der Waals surface area contributed by atoms with Crippen LogP contribution in [-0.4, -0.2) is 20.7 Å². The first-order chi connectivity index (χ1) is 10.5. The molecule has 7 heteroatoms. The van der Waals surface area contributed by atoms with Gasteiger partial charge in [-0.3, -0.25) is 0 Å². The van der Waals surface area contributed by atoms with Gasteiger partial charge in [-0.2, -0.15) is 0 Å². The number of hydrogen-bond acceptors (Lipinski definition) is 3. The van der Waals surface area contributed by atoms with Crippen molar-refractivity contribution in [1.82, 2.24) is 5.32 Å². The average Bonchev–Trinajstić information content (AvgIpc) is 2.48. The van der Waals surface area contributed by atoms with Gasteiger partial charge in [0.05, 0.1) is 21.6 Å². The van der Waals surface area contributed by atoms with Gasteiger partial charge in [-0.15, -0.1) is 12.4 Å². The first-order valence-electron chi connectivity index (χ1n) is 6.85. The molecule has 0 spiro atoms. The van der Waals surface area contributed by atoms with Crippen LogP contribution in [0.5, 0.6) is 0 Å². The summed E-state index contributed by atoms with van der Waals surface area (Å²) in [6, 6.07) is 14.6. The summed E-state index contributed by atoms with van der Waals surface area (Å²) < 4.78 is 24.1. The first kappa shape index (κ1) is 20.3. The summed E-state index contributed by atoms with van der Waals surface area (Å²) in [7, 11) is -3.11. The minimum Gasteiger partial charge on any atom is -0.312 e. The number of nitrogens with one attached hydrogen (secondary N) is 1. The number of halogens is 3. The molecule has 0 amide bonds. The highest BCUT2D eigenvalue weighted by atomic mass is 35.5. The van der Waals surface area contributed by atoms with Crippen molar-refractivity contribution in [1.29, 1.82) is 0 Å². The highest BCUT2D eigenvalue weighted by molar-refractivity contribution is 7.90. The third kappa shape index (κ3) is 7.10. The van der Waals surface area contributed by atoms with Crippen molar-refractivity contribution in [3.63, 3.8) is 0 Å². The van der Waals surface area contributed by atoms with Gasteiger partial charge in [-0.1, -0.05) is 59.6 Å². The maximum atomic E-state index is 12.0. The van der Waals surface area contributed by atoms with E-state index in [4.69, 9.17) is 23.2 Å². The van der Waals surface area contributed by atoms with Crippen LogP contribution < -0.4 is 5.32 Å². The SMILES string of the molecule is Cl.O=S(=O)(CCNCc1ccc(Cl)c(Cl)c1)Cc1ccccc1. The lowest BCUT2D eigenvalue weighted by Crippen LogP contribution is -2.23. The molecule has 2 rings (SSSR count). The molecule has 2 aromatic carbocycles. The first-order valence-corrected chi connectivity index (χ1v) is 9.43. The molecule has 1 N–H and O–H groups in total. The van der Waals surface area contributed by atoms with Crippen LogP contribution in [0.25, 0.3) is 0 Å². The van der Waals surface area contributed by atoms with E-state index < -0.39 is 9.84 Å². The van der Waals surface area contributed by atoms with E-state index in [1.54, 1.807) is 12.1 Å². The number of benzene rings is 2. The van der Waals surface area contributed by atoms with Gasteiger partial charge in [0.15, 0.2) is 9.84 Å². The van der Waals surface area contributed by atoms with Crippen molar-refractivity contribution in [2.24, 2.45) is 0 Å². The minimum absolute atomic E-state index is 0. The van der Waals surface area contributed by atoms with E-state index in [1.165, 1.54) is 0 Å². The zero-order chi connectivity index (χ0) is 16.0. The van der Waals surface area contributed by atoms with Gasteiger partial charge < -0.3 is 5.32 Å². The second-order valence-corrected chi connectivity index (χ2v) is 8.00. The molecular weight excluding hydrogens is 377 g/mol. The lowest BCUT2D eigenvalue weighted by atomic mass is 10.2. The smallest absolute Gasteiger partial charge is 0.155 e. The van der Waals surface area contributed by atoms with E-state index in [0.29, 0.717) is 23.1 Å². The van der Waals surface area contributed by atoms with Gasteiger partial charge in [0.1, 0.15) is 0 Å². The fraction of sp³-hybridized carbons (Fsp3) is 0.250. The van der Waals surface area contributed by atoms with E-state index in [9.17, 15) is 8.42 Å². The number of rotatable bonds is 7. The summed E-state index contributed by atoms with van der Waals surface area (Å²) in [6.45, 7) is 0.952. The van der Waals surface area contributed by atoms with Gasteiger partial charge in [0.25, 0.3) is 0 Å². The largest absolute Gasteiger partial charge is 0.312 e.